The summed E-state index contributed by atoms with van der Waals surface area (Å²) in [6.07, 6.45) is 0. The first-order valence-corrected chi connectivity index (χ1v) is 13.4. The number of hydrogen-bond donors (Lipinski definition) is 0. The maximum absolute atomic E-state index is 13.7. The van der Waals surface area contributed by atoms with Crippen molar-refractivity contribution < 1.29 is 9.53 Å². The van der Waals surface area contributed by atoms with Gasteiger partial charge in [0, 0.05) is 31.1 Å². The summed E-state index contributed by atoms with van der Waals surface area (Å²) in [4.78, 5) is 36.8. The third-order valence-corrected chi connectivity index (χ3v) is 7.82. The van der Waals surface area contributed by atoms with Crippen LogP contribution in [0.3, 0.4) is 0 Å². The lowest BCUT2D eigenvalue weighted by molar-refractivity contribution is -0.130. The molecule has 8 heteroatoms. The first kappa shape index (κ1) is 25.0. The zero-order chi connectivity index (χ0) is 25.8. The van der Waals surface area contributed by atoms with Gasteiger partial charge < -0.3 is 9.64 Å². The van der Waals surface area contributed by atoms with Gasteiger partial charge in [-0.1, -0.05) is 42.5 Å². The van der Waals surface area contributed by atoms with Gasteiger partial charge in [0.1, 0.15) is 11.6 Å². The molecule has 0 aliphatic carbocycles. The van der Waals surface area contributed by atoms with Crippen molar-refractivity contribution in [1.82, 2.24) is 19.4 Å². The second-order valence-electron chi connectivity index (χ2n) is 8.99. The predicted octanol–water partition coefficient (Wildman–Crippen LogP) is 4.39. The number of piperazine rings is 1. The third kappa shape index (κ3) is 5.26. The SMILES string of the molecule is COc1ccccc1-n1c(C(C)N2CCN(C(=O)CSc3ccccc3)CC2)nc2ccccc2c1=O. The van der Waals surface area contributed by atoms with Crippen molar-refractivity contribution in [2.45, 2.75) is 17.9 Å². The molecular weight excluding hydrogens is 484 g/mol. The number of amides is 1. The van der Waals surface area contributed by atoms with Crippen molar-refractivity contribution in [3.05, 3.63) is 95.0 Å². The van der Waals surface area contributed by atoms with Gasteiger partial charge in [-0.05, 0) is 43.3 Å². The van der Waals surface area contributed by atoms with E-state index in [4.69, 9.17) is 9.72 Å². The summed E-state index contributed by atoms with van der Waals surface area (Å²) in [5.74, 6) is 1.85. The monoisotopic (exact) mass is 514 g/mol. The second-order valence-corrected chi connectivity index (χ2v) is 10.0. The zero-order valence-electron chi connectivity index (χ0n) is 21.0. The highest BCUT2D eigenvalue weighted by molar-refractivity contribution is 8.00. The normalized spacial score (nSPS) is 15.0. The van der Waals surface area contributed by atoms with E-state index in [9.17, 15) is 9.59 Å². The van der Waals surface area contributed by atoms with Crippen molar-refractivity contribution in [2.75, 3.05) is 39.0 Å². The Bertz CT molecular complexity index is 1450. The fourth-order valence-corrected chi connectivity index (χ4v) is 5.57. The molecule has 0 spiro atoms. The maximum atomic E-state index is 13.7. The van der Waals surface area contributed by atoms with Crippen LogP contribution in [0, 0.1) is 0 Å². The number of ether oxygens (including phenoxy) is 1. The Hall–Kier alpha value is -3.62. The van der Waals surface area contributed by atoms with Gasteiger partial charge in [-0.15, -0.1) is 11.8 Å². The molecule has 0 radical (unpaired) electrons. The molecule has 1 aliphatic rings. The van der Waals surface area contributed by atoms with Crippen LogP contribution in [0.4, 0.5) is 0 Å². The van der Waals surface area contributed by atoms with E-state index in [-0.39, 0.29) is 17.5 Å². The molecule has 1 saturated heterocycles. The van der Waals surface area contributed by atoms with Gasteiger partial charge in [-0.2, -0.15) is 0 Å². The quantitative estimate of drug-likeness (QED) is 0.341. The Kier molecular flexibility index (Phi) is 7.58. The minimum atomic E-state index is -0.141. The predicted molar refractivity (Wildman–Crippen MR) is 148 cm³/mol. The number of methoxy groups -OCH3 is 1. The van der Waals surface area contributed by atoms with Crippen LogP contribution in [-0.4, -0.2) is 64.3 Å². The number of para-hydroxylation sites is 3. The van der Waals surface area contributed by atoms with E-state index in [1.807, 2.05) is 83.8 Å². The molecule has 0 bridgehead atoms. The van der Waals surface area contributed by atoms with Crippen molar-refractivity contribution in [1.29, 1.82) is 0 Å². The van der Waals surface area contributed by atoms with Gasteiger partial charge in [0.05, 0.1) is 35.5 Å². The number of aromatic nitrogens is 2. The lowest BCUT2D eigenvalue weighted by Crippen LogP contribution is -2.50. The van der Waals surface area contributed by atoms with Gasteiger partial charge >= 0.3 is 0 Å². The molecule has 1 fully saturated rings. The summed E-state index contributed by atoms with van der Waals surface area (Å²) < 4.78 is 7.28. The summed E-state index contributed by atoms with van der Waals surface area (Å²) in [7, 11) is 1.60. The highest BCUT2D eigenvalue weighted by atomic mass is 32.2. The Labute approximate surface area is 220 Å². The number of thioether (sulfide) groups is 1. The smallest absolute Gasteiger partial charge is 0.266 e. The topological polar surface area (TPSA) is 67.7 Å². The first-order chi connectivity index (χ1) is 18.1. The molecule has 1 aliphatic heterocycles. The number of benzene rings is 3. The molecule has 7 nitrogen and oxygen atoms in total. The third-order valence-electron chi connectivity index (χ3n) is 6.82. The van der Waals surface area contributed by atoms with Crippen molar-refractivity contribution in [3.63, 3.8) is 0 Å². The van der Waals surface area contributed by atoms with Crippen molar-refractivity contribution >= 4 is 28.6 Å². The summed E-state index contributed by atoms with van der Waals surface area (Å²) in [6.45, 7) is 4.77. The Balaban J connectivity index is 1.38. The standard InChI is InChI=1S/C29H30N4O3S/c1-21(31-16-18-32(19-17-31)27(34)20-37-22-10-4-3-5-11-22)28-30-24-13-7-6-12-23(24)29(35)33(28)25-14-8-9-15-26(25)36-2/h3-15,21H,16-20H2,1-2H3. The molecule has 0 saturated carbocycles. The van der Waals surface area contributed by atoms with Crippen LogP contribution in [0.2, 0.25) is 0 Å². The summed E-state index contributed by atoms with van der Waals surface area (Å²) >= 11 is 1.57. The van der Waals surface area contributed by atoms with Crippen molar-refractivity contribution in [3.8, 4) is 11.4 Å². The lowest BCUT2D eigenvalue weighted by Gasteiger charge is -2.38. The minimum absolute atomic E-state index is 0.122. The molecule has 3 aromatic carbocycles. The van der Waals surface area contributed by atoms with Gasteiger partial charge in [-0.25, -0.2) is 4.98 Å². The van der Waals surface area contributed by atoms with E-state index in [2.05, 4.69) is 11.8 Å². The summed E-state index contributed by atoms with van der Waals surface area (Å²) in [6, 6.07) is 24.8. The molecular formula is C29H30N4O3S. The number of nitrogens with zero attached hydrogens (tertiary/aromatic N) is 4. The first-order valence-electron chi connectivity index (χ1n) is 12.4. The molecule has 37 heavy (non-hydrogen) atoms. The zero-order valence-corrected chi connectivity index (χ0v) is 21.9. The van der Waals surface area contributed by atoms with E-state index < -0.39 is 0 Å². The summed E-state index contributed by atoms with van der Waals surface area (Å²) in [5.41, 5.74) is 1.22. The van der Waals surface area contributed by atoms with E-state index in [1.165, 1.54) is 0 Å². The summed E-state index contributed by atoms with van der Waals surface area (Å²) in [5, 5.41) is 0.565. The second kappa shape index (κ2) is 11.2. The van der Waals surface area contributed by atoms with Crippen LogP contribution in [0.5, 0.6) is 5.75 Å². The molecule has 1 atom stereocenters. The number of fused-ring (bicyclic) bond motifs is 1. The Morgan fingerprint density at radius 2 is 1.62 bits per heavy atom. The average molecular weight is 515 g/mol. The highest BCUT2D eigenvalue weighted by Crippen LogP contribution is 2.28. The minimum Gasteiger partial charge on any atom is -0.495 e. The molecule has 2 heterocycles. The van der Waals surface area contributed by atoms with E-state index in [0.717, 1.165) is 4.90 Å². The van der Waals surface area contributed by atoms with Crippen LogP contribution in [0.15, 0.2) is 88.6 Å². The maximum Gasteiger partial charge on any atom is 0.266 e. The van der Waals surface area contributed by atoms with Crippen LogP contribution in [0.1, 0.15) is 18.8 Å². The van der Waals surface area contributed by atoms with Gasteiger partial charge in [0.2, 0.25) is 5.91 Å². The van der Waals surface area contributed by atoms with Crippen LogP contribution in [-0.2, 0) is 4.79 Å². The lowest BCUT2D eigenvalue weighted by atomic mass is 10.1. The van der Waals surface area contributed by atoms with Crippen LogP contribution in [0.25, 0.3) is 16.6 Å². The number of hydrogen-bond acceptors (Lipinski definition) is 6. The molecule has 0 N–H and O–H groups in total. The number of rotatable bonds is 7. The van der Waals surface area contributed by atoms with Crippen LogP contribution < -0.4 is 10.3 Å². The Morgan fingerprint density at radius 1 is 0.946 bits per heavy atom. The fourth-order valence-electron chi connectivity index (χ4n) is 4.75. The molecule has 4 aromatic rings. The molecule has 5 rings (SSSR count). The molecule has 190 valence electrons. The van der Waals surface area contributed by atoms with Gasteiger partial charge in [-0.3, -0.25) is 19.1 Å². The highest BCUT2D eigenvalue weighted by Gasteiger charge is 2.28. The molecule has 1 aromatic heterocycles. The average Bonchev–Trinajstić information content (AvgIpc) is 2.96. The number of carbonyl (C=O) groups is 1. The molecule has 1 unspecified atom stereocenters. The van der Waals surface area contributed by atoms with Gasteiger partial charge in [0.15, 0.2) is 0 Å². The molecule has 1 amide bonds. The van der Waals surface area contributed by atoms with Crippen LogP contribution >= 0.6 is 11.8 Å². The van der Waals surface area contributed by atoms with E-state index in [0.29, 0.717) is 60.1 Å². The fraction of sp³-hybridized carbons (Fsp3) is 0.276. The largest absolute Gasteiger partial charge is 0.495 e. The van der Waals surface area contributed by atoms with Gasteiger partial charge in [0.25, 0.3) is 5.56 Å². The van der Waals surface area contributed by atoms with Crippen molar-refractivity contribution in [2.24, 2.45) is 0 Å². The number of carbonyl (C=O) groups excluding carboxylic acids is 1. The van der Waals surface area contributed by atoms with E-state index in [1.54, 1.807) is 23.4 Å². The van der Waals surface area contributed by atoms with E-state index >= 15 is 0 Å². The Morgan fingerprint density at radius 3 is 2.38 bits per heavy atom.